The van der Waals surface area contributed by atoms with Crippen molar-refractivity contribution in [2.24, 2.45) is 5.92 Å². The molecular formula is C25H31N7O3S. The van der Waals surface area contributed by atoms with Crippen molar-refractivity contribution in [1.82, 2.24) is 25.1 Å². The Kier molecular flexibility index (Phi) is 7.26. The van der Waals surface area contributed by atoms with Gasteiger partial charge in [0.25, 0.3) is 0 Å². The van der Waals surface area contributed by atoms with Crippen LogP contribution in [0.3, 0.4) is 0 Å². The highest BCUT2D eigenvalue weighted by atomic mass is 32.2. The van der Waals surface area contributed by atoms with Crippen LogP contribution >= 0.6 is 11.8 Å². The van der Waals surface area contributed by atoms with Gasteiger partial charge in [-0.2, -0.15) is 5.10 Å². The molecule has 190 valence electrons. The zero-order chi connectivity index (χ0) is 25.1. The Hall–Kier alpha value is -3.34. The van der Waals surface area contributed by atoms with Gasteiger partial charge in [-0.25, -0.2) is 14.6 Å². The van der Waals surface area contributed by atoms with Crippen LogP contribution in [0.4, 0.5) is 11.5 Å². The first kappa shape index (κ1) is 24.4. The molecule has 4 heterocycles. The van der Waals surface area contributed by atoms with Crippen LogP contribution in [0.1, 0.15) is 26.2 Å². The van der Waals surface area contributed by atoms with Crippen molar-refractivity contribution < 1.29 is 14.3 Å². The minimum Gasteiger partial charge on any atom is -0.497 e. The summed E-state index contributed by atoms with van der Waals surface area (Å²) in [5, 5.41) is 9.24. The SMILES string of the molecule is CCSc1nc(N2CCCC2)c2cnn(CCNC(=O)C3CC(=O)N(c4ccc(OC)cc4)C3)c2n1. The molecule has 0 spiro atoms. The van der Waals surface area contributed by atoms with Crippen LogP contribution in [-0.2, 0) is 16.1 Å². The lowest BCUT2D eigenvalue weighted by Crippen LogP contribution is -2.35. The lowest BCUT2D eigenvalue weighted by Gasteiger charge is -2.18. The molecule has 5 rings (SSSR count). The Balaban J connectivity index is 1.23. The van der Waals surface area contributed by atoms with Crippen LogP contribution < -0.4 is 19.9 Å². The lowest BCUT2D eigenvalue weighted by molar-refractivity contribution is -0.126. The molecule has 0 saturated carbocycles. The molecule has 2 aromatic heterocycles. The zero-order valence-electron chi connectivity index (χ0n) is 20.6. The average Bonchev–Trinajstić information content (AvgIpc) is 3.65. The number of thioether (sulfide) groups is 1. The molecule has 2 saturated heterocycles. The van der Waals surface area contributed by atoms with E-state index in [0.717, 1.165) is 52.3 Å². The van der Waals surface area contributed by atoms with Gasteiger partial charge in [0, 0.05) is 38.3 Å². The topological polar surface area (TPSA) is 105 Å². The summed E-state index contributed by atoms with van der Waals surface area (Å²) in [4.78, 5) is 38.9. The Bertz CT molecular complexity index is 1240. The molecule has 3 aromatic rings. The normalized spacial score (nSPS) is 17.8. The molecule has 1 atom stereocenters. The van der Waals surface area contributed by atoms with Gasteiger partial charge in [-0.3, -0.25) is 9.59 Å². The molecule has 10 nitrogen and oxygen atoms in total. The van der Waals surface area contributed by atoms with Crippen molar-refractivity contribution >= 4 is 46.1 Å². The molecule has 11 heteroatoms. The number of rotatable bonds is 9. The number of ether oxygens (including phenoxy) is 1. The van der Waals surface area contributed by atoms with Gasteiger partial charge < -0.3 is 19.9 Å². The molecule has 2 fully saturated rings. The maximum absolute atomic E-state index is 12.9. The Morgan fingerprint density at radius 1 is 1.19 bits per heavy atom. The van der Waals surface area contributed by atoms with Gasteiger partial charge in [-0.05, 0) is 42.9 Å². The first-order valence-corrected chi connectivity index (χ1v) is 13.4. The van der Waals surface area contributed by atoms with Crippen molar-refractivity contribution in [1.29, 1.82) is 0 Å². The summed E-state index contributed by atoms with van der Waals surface area (Å²) >= 11 is 1.62. The van der Waals surface area contributed by atoms with Crippen LogP contribution in [0.15, 0.2) is 35.6 Å². The van der Waals surface area contributed by atoms with E-state index in [1.54, 1.807) is 23.8 Å². The summed E-state index contributed by atoms with van der Waals surface area (Å²) in [6.07, 6.45) is 4.36. The predicted molar refractivity (Wildman–Crippen MR) is 140 cm³/mol. The number of carbonyl (C=O) groups excluding carboxylic acids is 2. The molecule has 0 aliphatic carbocycles. The number of carbonyl (C=O) groups is 2. The van der Waals surface area contributed by atoms with E-state index in [-0.39, 0.29) is 24.2 Å². The van der Waals surface area contributed by atoms with Crippen LogP contribution in [0.2, 0.25) is 0 Å². The van der Waals surface area contributed by atoms with Gasteiger partial charge in [0.05, 0.1) is 31.2 Å². The highest BCUT2D eigenvalue weighted by Crippen LogP contribution is 2.30. The predicted octanol–water partition coefficient (Wildman–Crippen LogP) is 2.72. The highest BCUT2D eigenvalue weighted by Gasteiger charge is 2.35. The van der Waals surface area contributed by atoms with E-state index >= 15 is 0 Å². The first-order valence-electron chi connectivity index (χ1n) is 12.4. The van der Waals surface area contributed by atoms with Gasteiger partial charge in [-0.1, -0.05) is 18.7 Å². The van der Waals surface area contributed by atoms with E-state index in [1.165, 1.54) is 12.8 Å². The number of anilines is 2. The number of fused-ring (bicyclic) bond motifs is 1. The van der Waals surface area contributed by atoms with E-state index in [4.69, 9.17) is 14.7 Å². The molecule has 2 aliphatic rings. The fourth-order valence-electron chi connectivity index (χ4n) is 4.77. The Morgan fingerprint density at radius 3 is 2.69 bits per heavy atom. The van der Waals surface area contributed by atoms with Crippen molar-refractivity contribution in [2.75, 3.05) is 48.8 Å². The second kappa shape index (κ2) is 10.7. The molecule has 1 aromatic carbocycles. The van der Waals surface area contributed by atoms with Crippen molar-refractivity contribution in [2.45, 2.75) is 37.9 Å². The van der Waals surface area contributed by atoms with Crippen molar-refractivity contribution in [3.8, 4) is 5.75 Å². The maximum Gasteiger partial charge on any atom is 0.227 e. The van der Waals surface area contributed by atoms with Crippen LogP contribution in [-0.4, -0.2) is 70.6 Å². The minimum absolute atomic E-state index is 0.0505. The minimum atomic E-state index is -0.384. The second-order valence-corrected chi connectivity index (χ2v) is 10.2. The van der Waals surface area contributed by atoms with Crippen molar-refractivity contribution in [3.05, 3.63) is 30.5 Å². The standard InChI is InChI=1S/C25H31N7O3S/c1-3-36-25-28-22(30-11-4-5-12-30)20-15-27-32(23(20)29-25)13-10-26-24(34)17-14-21(33)31(16-17)18-6-8-19(35-2)9-7-18/h6-9,15,17H,3-5,10-14,16H2,1-2H3,(H,26,34). The number of benzene rings is 1. The van der Waals surface area contributed by atoms with Crippen LogP contribution in [0.25, 0.3) is 11.0 Å². The molecule has 36 heavy (non-hydrogen) atoms. The number of nitrogens with one attached hydrogen (secondary N) is 1. The molecule has 0 bridgehead atoms. The monoisotopic (exact) mass is 509 g/mol. The second-order valence-electron chi connectivity index (χ2n) is 8.96. The summed E-state index contributed by atoms with van der Waals surface area (Å²) in [6, 6.07) is 7.30. The number of methoxy groups -OCH3 is 1. The summed E-state index contributed by atoms with van der Waals surface area (Å²) in [6.45, 7) is 5.34. The third-order valence-corrected chi connectivity index (χ3v) is 7.37. The maximum atomic E-state index is 12.9. The third kappa shape index (κ3) is 4.97. The number of nitrogens with zero attached hydrogens (tertiary/aromatic N) is 6. The summed E-state index contributed by atoms with van der Waals surface area (Å²) in [7, 11) is 1.60. The molecule has 2 aliphatic heterocycles. The lowest BCUT2D eigenvalue weighted by atomic mass is 10.1. The largest absolute Gasteiger partial charge is 0.497 e. The van der Waals surface area contributed by atoms with Gasteiger partial charge in [0.1, 0.15) is 11.6 Å². The van der Waals surface area contributed by atoms with Gasteiger partial charge in [-0.15, -0.1) is 0 Å². The summed E-state index contributed by atoms with van der Waals surface area (Å²) in [5.74, 6) is 2.01. The number of hydrogen-bond acceptors (Lipinski definition) is 8. The Labute approximate surface area is 214 Å². The average molecular weight is 510 g/mol. The van der Waals surface area contributed by atoms with E-state index in [2.05, 4.69) is 22.2 Å². The van der Waals surface area contributed by atoms with E-state index in [9.17, 15) is 9.59 Å². The van der Waals surface area contributed by atoms with Gasteiger partial charge in [0.2, 0.25) is 11.8 Å². The highest BCUT2D eigenvalue weighted by molar-refractivity contribution is 7.99. The third-order valence-electron chi connectivity index (χ3n) is 6.64. The number of amides is 2. The fourth-order valence-corrected chi connectivity index (χ4v) is 5.33. The molecular weight excluding hydrogens is 478 g/mol. The van der Waals surface area contributed by atoms with E-state index in [1.807, 2.05) is 35.1 Å². The molecule has 1 unspecified atom stereocenters. The smallest absolute Gasteiger partial charge is 0.227 e. The zero-order valence-corrected chi connectivity index (χ0v) is 21.5. The molecule has 1 N–H and O–H groups in total. The molecule has 0 radical (unpaired) electrons. The number of hydrogen-bond donors (Lipinski definition) is 1. The van der Waals surface area contributed by atoms with Gasteiger partial charge >= 0.3 is 0 Å². The van der Waals surface area contributed by atoms with E-state index in [0.29, 0.717) is 19.6 Å². The van der Waals surface area contributed by atoms with Crippen LogP contribution in [0, 0.1) is 5.92 Å². The Morgan fingerprint density at radius 2 is 1.97 bits per heavy atom. The molecule has 2 amide bonds. The summed E-state index contributed by atoms with van der Waals surface area (Å²) < 4.78 is 7.02. The van der Waals surface area contributed by atoms with Crippen molar-refractivity contribution in [3.63, 3.8) is 0 Å². The van der Waals surface area contributed by atoms with Gasteiger partial charge in [0.15, 0.2) is 10.8 Å². The van der Waals surface area contributed by atoms with E-state index < -0.39 is 0 Å². The van der Waals surface area contributed by atoms with Crippen LogP contribution in [0.5, 0.6) is 5.75 Å². The fraction of sp³-hybridized carbons (Fsp3) is 0.480. The quantitative estimate of drug-likeness (QED) is 0.347. The first-order chi connectivity index (χ1) is 17.6. The summed E-state index contributed by atoms with van der Waals surface area (Å²) in [5.41, 5.74) is 1.56. The number of aromatic nitrogens is 4.